The van der Waals surface area contributed by atoms with E-state index in [1.54, 1.807) is 51.1 Å². The molecule has 0 amide bonds. The molecule has 2 aromatic carbocycles. The van der Waals surface area contributed by atoms with Gasteiger partial charge in [-0.05, 0) is 61.5 Å². The number of nitrogens with one attached hydrogen (secondary N) is 2. The van der Waals surface area contributed by atoms with E-state index in [4.69, 9.17) is 12.2 Å². The molecule has 0 saturated carbocycles. The topological polar surface area (TPSA) is 98.8 Å². The van der Waals surface area contributed by atoms with Crippen LogP contribution in [0.5, 0.6) is 0 Å². The van der Waals surface area contributed by atoms with Gasteiger partial charge in [0.05, 0.1) is 9.79 Å². The van der Waals surface area contributed by atoms with Gasteiger partial charge < -0.3 is 10.6 Å². The van der Waals surface area contributed by atoms with Gasteiger partial charge in [0.2, 0.25) is 20.0 Å². The van der Waals surface area contributed by atoms with E-state index >= 15 is 0 Å². The summed E-state index contributed by atoms with van der Waals surface area (Å²) in [6, 6.07) is 9.79. The van der Waals surface area contributed by atoms with Crippen molar-refractivity contribution in [1.29, 1.82) is 0 Å². The van der Waals surface area contributed by atoms with Gasteiger partial charge in [-0.1, -0.05) is 26.0 Å². The Morgan fingerprint density at radius 1 is 0.875 bits per heavy atom. The number of benzene rings is 2. The number of nitrogens with zero attached hydrogens (tertiary/aromatic N) is 2. The predicted molar refractivity (Wildman–Crippen MR) is 133 cm³/mol. The quantitative estimate of drug-likeness (QED) is 0.538. The van der Waals surface area contributed by atoms with E-state index < -0.39 is 20.0 Å². The van der Waals surface area contributed by atoms with Crippen molar-refractivity contribution in [3.05, 3.63) is 47.5 Å². The van der Waals surface area contributed by atoms with Crippen molar-refractivity contribution in [2.24, 2.45) is 0 Å². The van der Waals surface area contributed by atoms with E-state index in [-0.39, 0.29) is 14.9 Å². The zero-order valence-electron chi connectivity index (χ0n) is 19.1. The first kappa shape index (κ1) is 26.2. The first-order chi connectivity index (χ1) is 14.8. The first-order valence-corrected chi connectivity index (χ1v) is 13.3. The molecule has 0 atom stereocenters. The van der Waals surface area contributed by atoms with Crippen molar-refractivity contribution in [3.63, 3.8) is 0 Å². The molecule has 32 heavy (non-hydrogen) atoms. The Balaban J connectivity index is 2.30. The third-order valence-electron chi connectivity index (χ3n) is 5.01. The molecule has 0 aliphatic carbocycles. The second kappa shape index (κ2) is 10.3. The van der Waals surface area contributed by atoms with Gasteiger partial charge in [-0.3, -0.25) is 0 Å². The molecule has 0 aliphatic heterocycles. The highest BCUT2D eigenvalue weighted by atomic mass is 32.2. The Labute approximate surface area is 196 Å². The van der Waals surface area contributed by atoms with Crippen molar-refractivity contribution < 1.29 is 16.8 Å². The molecule has 0 heterocycles. The van der Waals surface area contributed by atoms with Gasteiger partial charge in [0, 0.05) is 38.6 Å². The Hall–Kier alpha value is -2.05. The molecule has 11 heteroatoms. The van der Waals surface area contributed by atoms with Gasteiger partial charge in [0.1, 0.15) is 0 Å². The Kier molecular flexibility index (Phi) is 8.40. The fourth-order valence-electron chi connectivity index (χ4n) is 3.05. The number of hydrogen-bond acceptors (Lipinski definition) is 5. The average Bonchev–Trinajstić information content (AvgIpc) is 2.71. The summed E-state index contributed by atoms with van der Waals surface area (Å²) >= 11 is 5.39. The van der Waals surface area contributed by atoms with Crippen LogP contribution in [0.15, 0.2) is 46.2 Å². The highest BCUT2D eigenvalue weighted by Crippen LogP contribution is 2.25. The lowest BCUT2D eigenvalue weighted by atomic mass is 10.2. The van der Waals surface area contributed by atoms with Crippen LogP contribution in [0.3, 0.4) is 0 Å². The van der Waals surface area contributed by atoms with Crippen LogP contribution in [-0.4, -0.2) is 57.7 Å². The molecular weight excluding hydrogens is 468 g/mol. The van der Waals surface area contributed by atoms with E-state index in [0.29, 0.717) is 30.0 Å². The monoisotopic (exact) mass is 498 g/mol. The Morgan fingerprint density at radius 2 is 1.47 bits per heavy atom. The summed E-state index contributed by atoms with van der Waals surface area (Å²) in [5.74, 6) is 0. The summed E-state index contributed by atoms with van der Waals surface area (Å²) < 4.78 is 53.3. The molecular formula is C21H30N4O4S3. The van der Waals surface area contributed by atoms with Crippen LogP contribution >= 0.6 is 12.2 Å². The van der Waals surface area contributed by atoms with E-state index in [2.05, 4.69) is 10.6 Å². The van der Waals surface area contributed by atoms with Crippen LogP contribution < -0.4 is 10.6 Å². The van der Waals surface area contributed by atoms with Gasteiger partial charge in [-0.25, -0.2) is 21.1 Å². The molecule has 0 aliphatic rings. The summed E-state index contributed by atoms with van der Waals surface area (Å²) in [7, 11) is -4.27. The summed E-state index contributed by atoms with van der Waals surface area (Å²) in [6.45, 7) is 7.90. The molecule has 0 fully saturated rings. The third-order valence-corrected chi connectivity index (χ3v) is 9.21. The minimum Gasteiger partial charge on any atom is -0.332 e. The normalized spacial score (nSPS) is 12.2. The van der Waals surface area contributed by atoms with Crippen LogP contribution in [0.2, 0.25) is 0 Å². The van der Waals surface area contributed by atoms with E-state index in [1.165, 1.54) is 24.5 Å². The van der Waals surface area contributed by atoms with Crippen molar-refractivity contribution >= 4 is 48.8 Å². The molecule has 0 radical (unpaired) electrons. The standard InChI is InChI=1S/C21H30N4O4S3/c1-7-25(8-2)31(26,27)18-12-10-15(3)19(14-18)23-21(30)22-17-11-9-16(4)20(13-17)32(28,29)24(5)6/h9-14H,7-8H2,1-6H3,(H2,22,23,30). The Bertz CT molecular complexity index is 1210. The van der Waals surface area contributed by atoms with E-state index in [9.17, 15) is 16.8 Å². The van der Waals surface area contributed by atoms with Crippen LogP contribution in [0.25, 0.3) is 0 Å². The molecule has 2 rings (SSSR count). The van der Waals surface area contributed by atoms with Crippen LogP contribution in [0.4, 0.5) is 11.4 Å². The molecule has 0 aromatic heterocycles. The van der Waals surface area contributed by atoms with Gasteiger partial charge in [-0.2, -0.15) is 4.31 Å². The van der Waals surface area contributed by atoms with Crippen LogP contribution in [0, 0.1) is 13.8 Å². The average molecular weight is 499 g/mol. The largest absolute Gasteiger partial charge is 0.332 e. The summed E-state index contributed by atoms with van der Waals surface area (Å²) in [4.78, 5) is 0.352. The third kappa shape index (κ3) is 5.65. The maximum absolute atomic E-state index is 12.8. The van der Waals surface area contributed by atoms with Crippen molar-refractivity contribution in [1.82, 2.24) is 8.61 Å². The van der Waals surface area contributed by atoms with Crippen molar-refractivity contribution in [2.75, 3.05) is 37.8 Å². The number of sulfonamides is 2. The molecule has 176 valence electrons. The molecule has 2 N–H and O–H groups in total. The lowest BCUT2D eigenvalue weighted by Crippen LogP contribution is -2.30. The number of hydrogen-bond donors (Lipinski definition) is 2. The zero-order chi connectivity index (χ0) is 24.3. The second-order valence-corrected chi connectivity index (χ2v) is 11.9. The molecule has 0 saturated heterocycles. The summed E-state index contributed by atoms with van der Waals surface area (Å²) in [5.41, 5.74) is 2.47. The summed E-state index contributed by atoms with van der Waals surface area (Å²) in [6.07, 6.45) is 0. The first-order valence-electron chi connectivity index (χ1n) is 10.1. The maximum Gasteiger partial charge on any atom is 0.243 e. The fraction of sp³-hybridized carbons (Fsp3) is 0.381. The lowest BCUT2D eigenvalue weighted by molar-refractivity contribution is 0.445. The minimum atomic E-state index is -3.61. The van der Waals surface area contributed by atoms with E-state index in [0.717, 1.165) is 9.87 Å². The number of rotatable bonds is 8. The number of anilines is 2. The lowest BCUT2D eigenvalue weighted by Gasteiger charge is -2.20. The maximum atomic E-state index is 12.8. The fourth-order valence-corrected chi connectivity index (χ4v) is 5.90. The van der Waals surface area contributed by atoms with Crippen LogP contribution in [-0.2, 0) is 20.0 Å². The SMILES string of the molecule is CCN(CC)S(=O)(=O)c1ccc(C)c(NC(=S)Nc2ccc(C)c(S(=O)(=O)N(C)C)c2)c1. The van der Waals surface area contributed by atoms with Gasteiger partial charge in [0.25, 0.3) is 0 Å². The smallest absolute Gasteiger partial charge is 0.243 e. The van der Waals surface area contributed by atoms with Crippen molar-refractivity contribution in [3.8, 4) is 0 Å². The minimum absolute atomic E-state index is 0.173. The molecule has 0 unspecified atom stereocenters. The zero-order valence-corrected chi connectivity index (χ0v) is 21.6. The highest BCUT2D eigenvalue weighted by molar-refractivity contribution is 7.89. The van der Waals surface area contributed by atoms with Gasteiger partial charge >= 0.3 is 0 Å². The molecule has 0 bridgehead atoms. The number of thiocarbonyl (C=S) groups is 1. The van der Waals surface area contributed by atoms with Crippen LogP contribution in [0.1, 0.15) is 25.0 Å². The summed E-state index contributed by atoms with van der Waals surface area (Å²) in [5, 5.41) is 6.21. The second-order valence-electron chi connectivity index (χ2n) is 7.41. The number of aryl methyl sites for hydroxylation is 2. The highest BCUT2D eigenvalue weighted by Gasteiger charge is 2.23. The molecule has 8 nitrogen and oxygen atoms in total. The van der Waals surface area contributed by atoms with Gasteiger partial charge in [-0.15, -0.1) is 0 Å². The predicted octanol–water partition coefficient (Wildman–Crippen LogP) is 3.39. The van der Waals surface area contributed by atoms with Crippen molar-refractivity contribution in [2.45, 2.75) is 37.5 Å². The molecule has 2 aromatic rings. The molecule has 0 spiro atoms. The van der Waals surface area contributed by atoms with E-state index in [1.807, 2.05) is 6.92 Å². The van der Waals surface area contributed by atoms with Gasteiger partial charge in [0.15, 0.2) is 5.11 Å². The Morgan fingerprint density at radius 3 is 2.03 bits per heavy atom.